The molecule has 3 heterocycles. The number of nitrogens with zero attached hydrogens (tertiary/aromatic N) is 4. The Morgan fingerprint density at radius 2 is 1.87 bits per heavy atom. The van der Waals surface area contributed by atoms with E-state index in [-0.39, 0.29) is 5.97 Å². The third kappa shape index (κ3) is 5.92. The molecule has 0 saturated carbocycles. The molecule has 0 bridgehead atoms. The molecule has 2 aliphatic rings. The van der Waals surface area contributed by atoms with Crippen molar-refractivity contribution in [1.29, 1.82) is 0 Å². The van der Waals surface area contributed by atoms with Crippen LogP contribution in [-0.2, 0) is 9.53 Å². The van der Waals surface area contributed by atoms with Crippen LogP contribution in [0.2, 0.25) is 5.02 Å². The lowest BCUT2D eigenvalue weighted by Gasteiger charge is -2.32. The maximum atomic E-state index is 11.0. The van der Waals surface area contributed by atoms with Gasteiger partial charge in [0.15, 0.2) is 0 Å². The monoisotopic (exact) mass is 460 g/mol. The minimum absolute atomic E-state index is 0.201. The molecule has 0 aliphatic carbocycles. The third-order valence-electron chi connectivity index (χ3n) is 5.68. The summed E-state index contributed by atoms with van der Waals surface area (Å²) in [4.78, 5) is 25.2. The molecule has 1 fully saturated rings. The Balaban J connectivity index is 1.32. The normalized spacial score (nSPS) is 17.0. The number of hydrogen-bond acceptors (Lipinski definition) is 7. The van der Waals surface area contributed by atoms with Gasteiger partial charge in [0.25, 0.3) is 0 Å². The van der Waals surface area contributed by atoms with Crippen molar-refractivity contribution in [2.75, 3.05) is 57.3 Å². The summed E-state index contributed by atoms with van der Waals surface area (Å²) in [6.07, 6.45) is 3.95. The molecule has 6 nitrogen and oxygen atoms in total. The van der Waals surface area contributed by atoms with Gasteiger partial charge in [-0.25, -0.2) is 4.98 Å². The molecular formula is C23H29ClN4O2S. The SMILES string of the molecule is CC(=O)OCCN1CCCN(CCCN2c3ccccc3Sc3cc(Cl)cnc32)CC1. The number of carbonyl (C=O) groups excluding carboxylic acids is 1. The van der Waals surface area contributed by atoms with E-state index >= 15 is 0 Å². The molecule has 1 aromatic heterocycles. The third-order valence-corrected chi connectivity index (χ3v) is 6.97. The highest BCUT2D eigenvalue weighted by atomic mass is 35.5. The van der Waals surface area contributed by atoms with E-state index in [9.17, 15) is 4.79 Å². The maximum Gasteiger partial charge on any atom is 0.302 e. The second-order valence-electron chi connectivity index (χ2n) is 7.93. The van der Waals surface area contributed by atoms with Gasteiger partial charge in [0.05, 0.1) is 15.6 Å². The van der Waals surface area contributed by atoms with Crippen LogP contribution in [0.4, 0.5) is 11.5 Å². The second kappa shape index (κ2) is 10.7. The molecule has 2 aliphatic heterocycles. The molecule has 0 spiro atoms. The molecular weight excluding hydrogens is 432 g/mol. The fraction of sp³-hybridized carbons (Fsp3) is 0.478. The van der Waals surface area contributed by atoms with Crippen LogP contribution in [0.1, 0.15) is 19.8 Å². The number of carbonyl (C=O) groups is 1. The first kappa shape index (κ1) is 22.4. The van der Waals surface area contributed by atoms with Crippen LogP contribution >= 0.6 is 23.4 Å². The lowest BCUT2D eigenvalue weighted by atomic mass is 10.2. The highest BCUT2D eigenvalue weighted by Gasteiger charge is 2.24. The van der Waals surface area contributed by atoms with Crippen molar-refractivity contribution in [3.8, 4) is 0 Å². The van der Waals surface area contributed by atoms with Crippen molar-refractivity contribution in [2.24, 2.45) is 0 Å². The van der Waals surface area contributed by atoms with Gasteiger partial charge in [0, 0.05) is 44.2 Å². The fourth-order valence-corrected chi connectivity index (χ4v) is 5.49. The van der Waals surface area contributed by atoms with Crippen LogP contribution in [0, 0.1) is 0 Å². The number of esters is 1. The van der Waals surface area contributed by atoms with Gasteiger partial charge in [-0.3, -0.25) is 9.69 Å². The molecule has 2 aromatic rings. The van der Waals surface area contributed by atoms with Crippen LogP contribution in [0.3, 0.4) is 0 Å². The zero-order chi connectivity index (χ0) is 21.6. The van der Waals surface area contributed by atoms with Gasteiger partial charge >= 0.3 is 5.97 Å². The van der Waals surface area contributed by atoms with Gasteiger partial charge in [-0.05, 0) is 50.7 Å². The van der Waals surface area contributed by atoms with Crippen molar-refractivity contribution in [2.45, 2.75) is 29.6 Å². The zero-order valence-electron chi connectivity index (χ0n) is 17.9. The molecule has 166 valence electrons. The lowest BCUT2D eigenvalue weighted by Crippen LogP contribution is -2.34. The Labute approximate surface area is 193 Å². The molecule has 8 heteroatoms. The summed E-state index contributed by atoms with van der Waals surface area (Å²) in [6.45, 7) is 9.00. The summed E-state index contributed by atoms with van der Waals surface area (Å²) >= 11 is 7.94. The average molecular weight is 461 g/mol. The van der Waals surface area contributed by atoms with Crippen LogP contribution in [0.15, 0.2) is 46.3 Å². The Morgan fingerprint density at radius 1 is 1.10 bits per heavy atom. The Kier molecular flexibility index (Phi) is 7.72. The van der Waals surface area contributed by atoms with Crippen molar-refractivity contribution in [3.05, 3.63) is 41.6 Å². The van der Waals surface area contributed by atoms with Gasteiger partial charge < -0.3 is 14.5 Å². The van der Waals surface area contributed by atoms with Crippen molar-refractivity contribution in [1.82, 2.24) is 14.8 Å². The van der Waals surface area contributed by atoms with E-state index in [1.54, 1.807) is 18.0 Å². The molecule has 0 N–H and O–H groups in total. The van der Waals surface area contributed by atoms with Crippen LogP contribution in [0.25, 0.3) is 0 Å². The first-order valence-electron chi connectivity index (χ1n) is 10.9. The number of para-hydroxylation sites is 1. The van der Waals surface area contributed by atoms with E-state index in [4.69, 9.17) is 16.3 Å². The number of rotatable bonds is 7. The fourth-order valence-electron chi connectivity index (χ4n) is 4.16. The van der Waals surface area contributed by atoms with E-state index in [0.717, 1.165) is 69.4 Å². The van der Waals surface area contributed by atoms with Gasteiger partial charge in [-0.1, -0.05) is 35.5 Å². The van der Waals surface area contributed by atoms with Crippen LogP contribution < -0.4 is 4.90 Å². The predicted molar refractivity (Wildman–Crippen MR) is 126 cm³/mol. The topological polar surface area (TPSA) is 48.9 Å². The quantitative estimate of drug-likeness (QED) is 0.571. The van der Waals surface area contributed by atoms with E-state index in [1.165, 1.54) is 17.5 Å². The van der Waals surface area contributed by atoms with Gasteiger partial charge in [-0.15, -0.1) is 0 Å². The highest BCUT2D eigenvalue weighted by molar-refractivity contribution is 7.99. The number of aromatic nitrogens is 1. The summed E-state index contributed by atoms with van der Waals surface area (Å²) < 4.78 is 5.09. The van der Waals surface area contributed by atoms with Crippen LogP contribution in [0.5, 0.6) is 0 Å². The summed E-state index contributed by atoms with van der Waals surface area (Å²) in [5, 5.41) is 0.674. The first-order valence-corrected chi connectivity index (χ1v) is 12.1. The Bertz CT molecular complexity index is 913. The van der Waals surface area contributed by atoms with Crippen LogP contribution in [-0.4, -0.2) is 73.2 Å². The number of fused-ring (bicyclic) bond motifs is 2. The standard InChI is InChI=1S/C23H29ClN4O2S/c1-18(29)30-15-14-27-9-4-8-26(12-13-27)10-5-11-28-20-6-2-3-7-21(20)31-22-16-19(24)17-25-23(22)28/h2-3,6-7,16-17H,4-5,8-15H2,1H3. The minimum atomic E-state index is -0.201. The Morgan fingerprint density at radius 3 is 2.68 bits per heavy atom. The van der Waals surface area contributed by atoms with E-state index in [0.29, 0.717) is 11.6 Å². The Hall–Kier alpha value is -1.80. The molecule has 0 atom stereocenters. The molecule has 4 rings (SSSR count). The summed E-state index contributed by atoms with van der Waals surface area (Å²) in [6, 6.07) is 10.5. The molecule has 31 heavy (non-hydrogen) atoms. The van der Waals surface area contributed by atoms with Crippen molar-refractivity contribution < 1.29 is 9.53 Å². The maximum absolute atomic E-state index is 11.0. The summed E-state index contributed by atoms with van der Waals surface area (Å²) in [7, 11) is 0. The average Bonchev–Trinajstić information content (AvgIpc) is 2.98. The van der Waals surface area contributed by atoms with Crippen molar-refractivity contribution >= 4 is 40.8 Å². The molecule has 1 saturated heterocycles. The minimum Gasteiger partial charge on any atom is -0.465 e. The van der Waals surface area contributed by atoms with Gasteiger partial charge in [0.1, 0.15) is 12.4 Å². The molecule has 1 aromatic carbocycles. The van der Waals surface area contributed by atoms with Gasteiger partial charge in [-0.2, -0.15) is 0 Å². The van der Waals surface area contributed by atoms with E-state index in [1.807, 2.05) is 6.07 Å². The lowest BCUT2D eigenvalue weighted by molar-refractivity contribution is -0.141. The predicted octanol–water partition coefficient (Wildman–Crippen LogP) is 4.30. The smallest absolute Gasteiger partial charge is 0.302 e. The number of anilines is 2. The summed E-state index contributed by atoms with van der Waals surface area (Å²) in [5.74, 6) is 0.799. The first-order chi connectivity index (χ1) is 15.1. The molecule has 0 unspecified atom stereocenters. The number of pyridine rings is 1. The molecule has 0 amide bonds. The highest BCUT2D eigenvalue weighted by Crippen LogP contribution is 2.47. The second-order valence-corrected chi connectivity index (χ2v) is 9.45. The largest absolute Gasteiger partial charge is 0.465 e. The number of ether oxygens (including phenoxy) is 1. The van der Waals surface area contributed by atoms with Gasteiger partial charge in [0.2, 0.25) is 0 Å². The zero-order valence-corrected chi connectivity index (χ0v) is 19.5. The summed E-state index contributed by atoms with van der Waals surface area (Å²) in [5.41, 5.74) is 1.22. The number of benzene rings is 1. The number of halogens is 1. The number of hydrogen-bond donors (Lipinski definition) is 0. The molecule has 0 radical (unpaired) electrons. The van der Waals surface area contributed by atoms with E-state index < -0.39 is 0 Å². The van der Waals surface area contributed by atoms with E-state index in [2.05, 4.69) is 43.9 Å². The van der Waals surface area contributed by atoms with Crippen molar-refractivity contribution in [3.63, 3.8) is 0 Å².